The van der Waals surface area contributed by atoms with Gasteiger partial charge in [0.25, 0.3) is 0 Å². The molecule has 0 radical (unpaired) electrons. The summed E-state index contributed by atoms with van der Waals surface area (Å²) >= 11 is 6.03. The summed E-state index contributed by atoms with van der Waals surface area (Å²) in [5.41, 5.74) is 2.24. The summed E-state index contributed by atoms with van der Waals surface area (Å²) in [5, 5.41) is 4.27. The Kier molecular flexibility index (Phi) is 4.47. The number of oxime groups is 1. The summed E-state index contributed by atoms with van der Waals surface area (Å²) in [6.07, 6.45) is 3.94. The van der Waals surface area contributed by atoms with E-state index in [1.54, 1.807) is 18.5 Å². The van der Waals surface area contributed by atoms with Crippen molar-refractivity contribution in [3.05, 3.63) is 64.7 Å². The molecular weight excluding hydrogens is 267 g/mol. The average molecular weight is 279 g/mol. The number of halogens is 2. The van der Waals surface area contributed by atoms with Gasteiger partial charge in [-0.3, -0.25) is 4.98 Å². The van der Waals surface area contributed by atoms with Crippen molar-refractivity contribution in [3.8, 4) is 0 Å². The van der Waals surface area contributed by atoms with Crippen LogP contribution in [-0.2, 0) is 11.3 Å². The molecule has 0 saturated heterocycles. The molecule has 0 fully saturated rings. The van der Waals surface area contributed by atoms with Gasteiger partial charge in [-0.05, 0) is 29.8 Å². The van der Waals surface area contributed by atoms with Crippen LogP contribution in [0.15, 0.2) is 47.9 Å². The maximum Gasteiger partial charge on any atom is 0.124 e. The largest absolute Gasteiger partial charge is 0.399 e. The van der Waals surface area contributed by atoms with E-state index in [0.717, 1.165) is 5.56 Å². The summed E-state index contributed by atoms with van der Waals surface area (Å²) in [7, 11) is 1.46. The molecule has 0 amide bonds. The van der Waals surface area contributed by atoms with Crippen molar-refractivity contribution in [1.82, 2.24) is 4.98 Å². The lowest BCUT2D eigenvalue weighted by Gasteiger charge is -2.08. The molecule has 0 saturated carbocycles. The molecular formula is C14H12ClFN2O. The van der Waals surface area contributed by atoms with Crippen molar-refractivity contribution in [2.45, 2.75) is 6.42 Å². The van der Waals surface area contributed by atoms with E-state index < -0.39 is 0 Å². The molecule has 98 valence electrons. The molecule has 0 aliphatic rings. The van der Waals surface area contributed by atoms with Gasteiger partial charge in [0.2, 0.25) is 0 Å². The first-order valence-corrected chi connectivity index (χ1v) is 6.03. The Labute approximate surface area is 115 Å². The van der Waals surface area contributed by atoms with Gasteiger partial charge in [-0.25, -0.2) is 4.39 Å². The second kappa shape index (κ2) is 6.29. The molecule has 2 aromatic rings. The van der Waals surface area contributed by atoms with Crippen LogP contribution in [0, 0.1) is 5.82 Å². The summed E-state index contributed by atoms with van der Waals surface area (Å²) in [5.74, 6) is -0.383. The van der Waals surface area contributed by atoms with Gasteiger partial charge in [-0.15, -0.1) is 0 Å². The third-order valence-electron chi connectivity index (χ3n) is 2.54. The quantitative estimate of drug-likeness (QED) is 0.634. The highest BCUT2D eigenvalue weighted by Crippen LogP contribution is 2.20. The van der Waals surface area contributed by atoms with E-state index in [4.69, 9.17) is 16.4 Å². The molecule has 0 aliphatic heterocycles. The summed E-state index contributed by atoms with van der Waals surface area (Å²) in [4.78, 5) is 8.87. The topological polar surface area (TPSA) is 34.5 Å². The smallest absolute Gasteiger partial charge is 0.124 e. The van der Waals surface area contributed by atoms with Crippen LogP contribution >= 0.6 is 11.6 Å². The molecule has 1 heterocycles. The lowest BCUT2D eigenvalue weighted by atomic mass is 10.0. The standard InChI is InChI=1S/C14H12ClFN2O/c1-19-18-14(7-10-3-2-6-17-9-10)12-5-4-11(16)8-13(12)15/h2-6,8-9H,7H2,1H3. The van der Waals surface area contributed by atoms with Crippen LogP contribution in [0.1, 0.15) is 11.1 Å². The fourth-order valence-electron chi connectivity index (χ4n) is 1.71. The maximum atomic E-state index is 13.1. The van der Waals surface area contributed by atoms with Gasteiger partial charge in [0.1, 0.15) is 12.9 Å². The molecule has 3 nitrogen and oxygen atoms in total. The van der Waals surface area contributed by atoms with Gasteiger partial charge < -0.3 is 4.84 Å². The van der Waals surface area contributed by atoms with Crippen LogP contribution in [-0.4, -0.2) is 17.8 Å². The minimum atomic E-state index is -0.383. The highest BCUT2D eigenvalue weighted by atomic mass is 35.5. The first-order valence-electron chi connectivity index (χ1n) is 5.65. The highest BCUT2D eigenvalue weighted by Gasteiger charge is 2.11. The third-order valence-corrected chi connectivity index (χ3v) is 2.85. The highest BCUT2D eigenvalue weighted by molar-refractivity contribution is 6.34. The van der Waals surface area contributed by atoms with Crippen molar-refractivity contribution in [2.75, 3.05) is 7.11 Å². The van der Waals surface area contributed by atoms with Gasteiger partial charge in [0, 0.05) is 24.4 Å². The van der Waals surface area contributed by atoms with E-state index in [1.165, 1.54) is 19.2 Å². The number of benzene rings is 1. The van der Waals surface area contributed by atoms with Crippen molar-refractivity contribution in [1.29, 1.82) is 0 Å². The Hall–Kier alpha value is -1.94. The van der Waals surface area contributed by atoms with E-state index in [-0.39, 0.29) is 5.82 Å². The van der Waals surface area contributed by atoms with E-state index >= 15 is 0 Å². The average Bonchev–Trinajstić information content (AvgIpc) is 2.39. The fraction of sp³-hybridized carbons (Fsp3) is 0.143. The molecule has 5 heteroatoms. The number of hydrogen-bond acceptors (Lipinski definition) is 3. The zero-order valence-corrected chi connectivity index (χ0v) is 11.1. The SMILES string of the molecule is CON=C(Cc1cccnc1)c1ccc(F)cc1Cl. The second-order valence-corrected chi connectivity index (χ2v) is 4.29. The number of hydrogen-bond donors (Lipinski definition) is 0. The van der Waals surface area contributed by atoms with E-state index in [0.29, 0.717) is 22.7 Å². The monoisotopic (exact) mass is 278 g/mol. The van der Waals surface area contributed by atoms with Crippen molar-refractivity contribution >= 4 is 17.3 Å². The predicted octanol–water partition coefficient (Wildman–Crippen LogP) is 3.47. The van der Waals surface area contributed by atoms with Gasteiger partial charge >= 0.3 is 0 Å². The summed E-state index contributed by atoms with van der Waals surface area (Å²) in [6, 6.07) is 7.95. The molecule has 0 unspecified atom stereocenters. The number of nitrogens with zero attached hydrogens (tertiary/aromatic N) is 2. The molecule has 1 aromatic heterocycles. The maximum absolute atomic E-state index is 13.1. The first kappa shape index (κ1) is 13.5. The van der Waals surface area contributed by atoms with Crippen LogP contribution in [0.25, 0.3) is 0 Å². The molecule has 2 rings (SSSR count). The molecule has 19 heavy (non-hydrogen) atoms. The third kappa shape index (κ3) is 3.51. The van der Waals surface area contributed by atoms with E-state index in [9.17, 15) is 4.39 Å². The fourth-order valence-corrected chi connectivity index (χ4v) is 1.98. The Bertz CT molecular complexity index is 587. The first-order chi connectivity index (χ1) is 9.20. The molecule has 0 atom stereocenters. The van der Waals surface area contributed by atoms with Crippen LogP contribution in [0.2, 0.25) is 5.02 Å². The van der Waals surface area contributed by atoms with Gasteiger partial charge in [-0.2, -0.15) is 0 Å². The van der Waals surface area contributed by atoms with Crippen molar-refractivity contribution < 1.29 is 9.23 Å². The molecule has 0 aliphatic carbocycles. The summed E-state index contributed by atoms with van der Waals surface area (Å²) in [6.45, 7) is 0. The molecule has 1 aromatic carbocycles. The number of aromatic nitrogens is 1. The Morgan fingerprint density at radius 3 is 2.89 bits per heavy atom. The minimum Gasteiger partial charge on any atom is -0.399 e. The Morgan fingerprint density at radius 1 is 1.42 bits per heavy atom. The van der Waals surface area contributed by atoms with Crippen LogP contribution < -0.4 is 0 Å². The molecule has 0 spiro atoms. The van der Waals surface area contributed by atoms with Crippen LogP contribution in [0.3, 0.4) is 0 Å². The minimum absolute atomic E-state index is 0.305. The Balaban J connectivity index is 2.33. The lowest BCUT2D eigenvalue weighted by Crippen LogP contribution is -2.07. The van der Waals surface area contributed by atoms with Gasteiger partial charge in [-0.1, -0.05) is 22.8 Å². The van der Waals surface area contributed by atoms with Crippen LogP contribution in [0.4, 0.5) is 4.39 Å². The predicted molar refractivity (Wildman–Crippen MR) is 72.9 cm³/mol. The van der Waals surface area contributed by atoms with Gasteiger partial charge in [0.05, 0.1) is 10.7 Å². The van der Waals surface area contributed by atoms with Gasteiger partial charge in [0.15, 0.2) is 0 Å². The van der Waals surface area contributed by atoms with E-state index in [1.807, 2.05) is 12.1 Å². The van der Waals surface area contributed by atoms with Crippen molar-refractivity contribution in [2.24, 2.45) is 5.16 Å². The summed E-state index contributed by atoms with van der Waals surface area (Å²) < 4.78 is 13.1. The number of rotatable bonds is 4. The second-order valence-electron chi connectivity index (χ2n) is 3.88. The molecule has 0 N–H and O–H groups in total. The van der Waals surface area contributed by atoms with E-state index in [2.05, 4.69) is 10.1 Å². The number of pyridine rings is 1. The zero-order chi connectivity index (χ0) is 13.7. The zero-order valence-electron chi connectivity index (χ0n) is 10.3. The molecule has 0 bridgehead atoms. The van der Waals surface area contributed by atoms with Crippen LogP contribution in [0.5, 0.6) is 0 Å². The van der Waals surface area contributed by atoms with Crippen molar-refractivity contribution in [3.63, 3.8) is 0 Å². The normalized spacial score (nSPS) is 11.4. The Morgan fingerprint density at radius 2 is 2.26 bits per heavy atom. The lowest BCUT2D eigenvalue weighted by molar-refractivity contribution is 0.213.